The molecular weight excluding hydrogens is 405 g/mol. The van der Waals surface area contributed by atoms with Crippen LogP contribution in [0.4, 0.5) is 0 Å². The number of benzene rings is 1. The first-order valence-corrected chi connectivity index (χ1v) is 7.51. The number of nitrogens with zero attached hydrogens (tertiary/aromatic N) is 3. The van der Waals surface area contributed by atoms with E-state index in [9.17, 15) is 0 Å². The van der Waals surface area contributed by atoms with Crippen LogP contribution in [0.3, 0.4) is 0 Å². The minimum atomic E-state index is 0. The fourth-order valence-corrected chi connectivity index (χ4v) is 2.55. The van der Waals surface area contributed by atoms with Gasteiger partial charge < -0.3 is 15.2 Å². The molecule has 0 unspecified atom stereocenters. The second kappa shape index (κ2) is 7.76. The highest BCUT2D eigenvalue weighted by molar-refractivity contribution is 14.0. The van der Waals surface area contributed by atoms with Crippen LogP contribution in [0.2, 0.25) is 0 Å². The Balaban J connectivity index is 0.00000192. The van der Waals surface area contributed by atoms with E-state index in [4.69, 9.17) is 4.52 Å². The molecule has 23 heavy (non-hydrogen) atoms. The van der Waals surface area contributed by atoms with Crippen LogP contribution in [0, 0.1) is 6.92 Å². The van der Waals surface area contributed by atoms with Gasteiger partial charge in [0.1, 0.15) is 0 Å². The van der Waals surface area contributed by atoms with Gasteiger partial charge in [-0.15, -0.1) is 24.0 Å². The van der Waals surface area contributed by atoms with Crippen LogP contribution < -0.4 is 10.6 Å². The zero-order valence-electron chi connectivity index (χ0n) is 13.4. The Morgan fingerprint density at radius 2 is 2.00 bits per heavy atom. The van der Waals surface area contributed by atoms with Gasteiger partial charge in [0.2, 0.25) is 5.89 Å². The van der Waals surface area contributed by atoms with Crippen molar-refractivity contribution in [3.63, 3.8) is 0 Å². The first-order valence-electron chi connectivity index (χ1n) is 7.51. The van der Waals surface area contributed by atoms with Crippen molar-refractivity contribution in [3.8, 4) is 0 Å². The molecule has 3 rings (SSSR count). The molecule has 1 aromatic heterocycles. The van der Waals surface area contributed by atoms with E-state index >= 15 is 0 Å². The lowest BCUT2D eigenvalue weighted by molar-refractivity contribution is 0.371. The highest BCUT2D eigenvalue weighted by atomic mass is 127. The van der Waals surface area contributed by atoms with Crippen molar-refractivity contribution in [2.45, 2.75) is 31.7 Å². The molecule has 0 atom stereocenters. The summed E-state index contributed by atoms with van der Waals surface area (Å²) >= 11 is 0. The predicted molar refractivity (Wildman–Crippen MR) is 100 cm³/mol. The van der Waals surface area contributed by atoms with Gasteiger partial charge in [-0.05, 0) is 25.3 Å². The number of halogens is 1. The van der Waals surface area contributed by atoms with Gasteiger partial charge in [0.05, 0.1) is 6.54 Å². The summed E-state index contributed by atoms with van der Waals surface area (Å²) in [7, 11) is 1.76. The van der Waals surface area contributed by atoms with Crippen molar-refractivity contribution in [2.24, 2.45) is 4.99 Å². The molecule has 0 aliphatic heterocycles. The molecule has 7 heteroatoms. The SMILES string of the molecule is CN=C(NCc1nc(C)no1)NCC1(c2ccccc2)CC1.I. The van der Waals surface area contributed by atoms with Crippen molar-refractivity contribution in [3.05, 3.63) is 47.6 Å². The van der Waals surface area contributed by atoms with E-state index in [2.05, 4.69) is 56.1 Å². The summed E-state index contributed by atoms with van der Waals surface area (Å²) < 4.78 is 5.08. The lowest BCUT2D eigenvalue weighted by Crippen LogP contribution is -2.40. The molecular formula is C16H22IN5O. The van der Waals surface area contributed by atoms with E-state index in [0.717, 1.165) is 12.5 Å². The number of rotatable bonds is 5. The van der Waals surface area contributed by atoms with Crippen molar-refractivity contribution < 1.29 is 4.52 Å². The Morgan fingerprint density at radius 3 is 2.57 bits per heavy atom. The Labute approximate surface area is 153 Å². The van der Waals surface area contributed by atoms with Crippen LogP contribution in [0.25, 0.3) is 0 Å². The van der Waals surface area contributed by atoms with Crippen molar-refractivity contribution in [2.75, 3.05) is 13.6 Å². The fourth-order valence-electron chi connectivity index (χ4n) is 2.55. The molecule has 6 nitrogen and oxygen atoms in total. The highest BCUT2D eigenvalue weighted by Gasteiger charge is 2.43. The quantitative estimate of drug-likeness (QED) is 0.436. The summed E-state index contributed by atoms with van der Waals surface area (Å²) in [5, 5.41) is 10.4. The first-order chi connectivity index (χ1) is 10.7. The molecule has 124 valence electrons. The fraction of sp³-hybridized carbons (Fsp3) is 0.438. The number of aromatic nitrogens is 2. The molecule has 0 amide bonds. The van der Waals surface area contributed by atoms with Gasteiger partial charge in [0, 0.05) is 19.0 Å². The third-order valence-corrected chi connectivity index (χ3v) is 4.03. The summed E-state index contributed by atoms with van der Waals surface area (Å²) in [6.45, 7) is 3.15. The van der Waals surface area contributed by atoms with Crippen LogP contribution in [0.5, 0.6) is 0 Å². The molecule has 1 aromatic carbocycles. The number of guanidine groups is 1. The van der Waals surface area contributed by atoms with Gasteiger partial charge >= 0.3 is 0 Å². The van der Waals surface area contributed by atoms with E-state index in [1.54, 1.807) is 14.0 Å². The smallest absolute Gasteiger partial charge is 0.246 e. The summed E-state index contributed by atoms with van der Waals surface area (Å²) in [6, 6.07) is 10.7. The van der Waals surface area contributed by atoms with Crippen LogP contribution >= 0.6 is 24.0 Å². The highest BCUT2D eigenvalue weighted by Crippen LogP contribution is 2.47. The van der Waals surface area contributed by atoms with Crippen molar-refractivity contribution in [1.82, 2.24) is 20.8 Å². The summed E-state index contributed by atoms with van der Waals surface area (Å²) in [5.74, 6) is 1.95. The van der Waals surface area contributed by atoms with Gasteiger partial charge in [-0.3, -0.25) is 4.99 Å². The van der Waals surface area contributed by atoms with Crippen LogP contribution in [-0.2, 0) is 12.0 Å². The minimum Gasteiger partial charge on any atom is -0.356 e. The maximum atomic E-state index is 5.08. The van der Waals surface area contributed by atoms with E-state index in [1.165, 1.54) is 18.4 Å². The Morgan fingerprint density at radius 1 is 1.26 bits per heavy atom. The Bertz CT molecular complexity index is 652. The van der Waals surface area contributed by atoms with Crippen LogP contribution in [0.1, 0.15) is 30.1 Å². The van der Waals surface area contributed by atoms with Crippen molar-refractivity contribution in [1.29, 1.82) is 0 Å². The molecule has 1 heterocycles. The monoisotopic (exact) mass is 427 g/mol. The van der Waals surface area contributed by atoms with Crippen LogP contribution in [-0.4, -0.2) is 29.7 Å². The lowest BCUT2D eigenvalue weighted by atomic mass is 9.96. The summed E-state index contributed by atoms with van der Waals surface area (Å²) in [6.07, 6.45) is 2.42. The average Bonchev–Trinajstić information content (AvgIpc) is 3.24. The number of aliphatic imine (C=N–C) groups is 1. The van der Waals surface area contributed by atoms with Crippen molar-refractivity contribution >= 4 is 29.9 Å². The van der Waals surface area contributed by atoms with Gasteiger partial charge in [-0.25, -0.2) is 0 Å². The molecule has 0 spiro atoms. The molecule has 1 saturated carbocycles. The van der Waals surface area contributed by atoms with E-state index in [1.807, 2.05) is 0 Å². The largest absolute Gasteiger partial charge is 0.356 e. The second-order valence-electron chi connectivity index (χ2n) is 5.66. The first kappa shape index (κ1) is 17.7. The second-order valence-corrected chi connectivity index (χ2v) is 5.66. The van der Waals surface area contributed by atoms with Gasteiger partial charge in [-0.2, -0.15) is 4.98 Å². The molecule has 2 N–H and O–H groups in total. The van der Waals surface area contributed by atoms with E-state index < -0.39 is 0 Å². The Hall–Kier alpha value is -1.64. The molecule has 1 aliphatic carbocycles. The maximum absolute atomic E-state index is 5.08. The Kier molecular flexibility index (Phi) is 5.97. The number of hydrogen-bond donors (Lipinski definition) is 2. The lowest BCUT2D eigenvalue weighted by Gasteiger charge is -2.18. The van der Waals surface area contributed by atoms with Gasteiger partial charge in [-0.1, -0.05) is 35.5 Å². The third kappa shape index (κ3) is 4.43. The zero-order chi connectivity index (χ0) is 15.4. The maximum Gasteiger partial charge on any atom is 0.246 e. The normalized spacial score (nSPS) is 15.7. The molecule has 0 bridgehead atoms. The van der Waals surface area contributed by atoms with E-state index in [-0.39, 0.29) is 29.4 Å². The van der Waals surface area contributed by atoms with Gasteiger partial charge in [0.25, 0.3) is 0 Å². The molecule has 1 fully saturated rings. The predicted octanol–water partition coefficient (Wildman–Crippen LogP) is 2.39. The van der Waals surface area contributed by atoms with E-state index in [0.29, 0.717) is 18.3 Å². The number of hydrogen-bond acceptors (Lipinski definition) is 4. The summed E-state index contributed by atoms with van der Waals surface area (Å²) in [5.41, 5.74) is 1.64. The summed E-state index contributed by atoms with van der Waals surface area (Å²) in [4.78, 5) is 8.40. The molecule has 0 radical (unpaired) electrons. The van der Waals surface area contributed by atoms with Crippen LogP contribution in [0.15, 0.2) is 39.8 Å². The topological polar surface area (TPSA) is 75.3 Å². The molecule has 2 aromatic rings. The molecule has 0 saturated heterocycles. The zero-order valence-corrected chi connectivity index (χ0v) is 15.7. The standard InChI is InChI=1S/C16H21N5O.HI/c1-12-20-14(22-21-12)10-18-15(17-2)19-11-16(8-9-16)13-6-4-3-5-7-13;/h3-7H,8-11H2,1-2H3,(H2,17,18,19);1H. The number of aryl methyl sites for hydroxylation is 1. The third-order valence-electron chi connectivity index (χ3n) is 4.03. The molecule has 1 aliphatic rings. The number of nitrogens with one attached hydrogen (secondary N) is 2. The average molecular weight is 427 g/mol. The minimum absolute atomic E-state index is 0. The van der Waals surface area contributed by atoms with Gasteiger partial charge in [0.15, 0.2) is 11.8 Å².